The molecule has 2 amide bonds. The molecule has 0 bridgehead atoms. The summed E-state index contributed by atoms with van der Waals surface area (Å²) in [5.74, 6) is -0.654. The SMILES string of the molecule is Cc1cc(C)cc(N(CC(=O)N(Cc2ccc(Br)cc2)[C@@H](C)C(=O)NC2CCCCC2)S(C)(=O)=O)c1. The van der Waals surface area contributed by atoms with Gasteiger partial charge in [0.25, 0.3) is 0 Å². The van der Waals surface area contributed by atoms with Crippen LogP contribution < -0.4 is 9.62 Å². The smallest absolute Gasteiger partial charge is 0.244 e. The number of amides is 2. The van der Waals surface area contributed by atoms with Crippen LogP contribution in [0.3, 0.4) is 0 Å². The molecule has 0 radical (unpaired) electrons. The van der Waals surface area contributed by atoms with E-state index in [2.05, 4.69) is 21.2 Å². The second-order valence-corrected chi connectivity index (χ2v) is 12.6. The summed E-state index contributed by atoms with van der Waals surface area (Å²) in [6.45, 7) is 5.28. The maximum atomic E-state index is 13.7. The van der Waals surface area contributed by atoms with Crippen LogP contribution in [0.25, 0.3) is 0 Å². The molecule has 0 aliphatic heterocycles. The first-order valence-corrected chi connectivity index (χ1v) is 15.0. The van der Waals surface area contributed by atoms with E-state index in [0.717, 1.165) is 57.4 Å². The molecule has 1 N–H and O–H groups in total. The minimum Gasteiger partial charge on any atom is -0.352 e. The van der Waals surface area contributed by atoms with E-state index < -0.39 is 22.0 Å². The molecule has 1 aliphatic carbocycles. The van der Waals surface area contributed by atoms with Crippen LogP contribution in [0.5, 0.6) is 0 Å². The second kappa shape index (κ2) is 12.2. The van der Waals surface area contributed by atoms with Crippen LogP contribution in [0.15, 0.2) is 46.9 Å². The van der Waals surface area contributed by atoms with Gasteiger partial charge in [-0.3, -0.25) is 13.9 Å². The quantitative estimate of drug-likeness (QED) is 0.468. The van der Waals surface area contributed by atoms with E-state index in [1.165, 1.54) is 11.3 Å². The zero-order chi connectivity index (χ0) is 26.5. The number of rotatable bonds is 9. The molecule has 1 saturated carbocycles. The second-order valence-electron chi connectivity index (χ2n) is 9.78. The number of sulfonamides is 1. The van der Waals surface area contributed by atoms with Crippen LogP contribution in [0.1, 0.15) is 55.7 Å². The van der Waals surface area contributed by atoms with Gasteiger partial charge in [-0.2, -0.15) is 0 Å². The van der Waals surface area contributed by atoms with Crippen molar-refractivity contribution in [3.05, 3.63) is 63.6 Å². The fraction of sp³-hybridized carbons (Fsp3) is 0.481. The zero-order valence-corrected chi connectivity index (χ0v) is 23.9. The average Bonchev–Trinajstić information content (AvgIpc) is 2.80. The predicted octanol–water partition coefficient (Wildman–Crippen LogP) is 4.70. The molecule has 3 rings (SSSR count). The maximum absolute atomic E-state index is 13.7. The molecule has 1 atom stereocenters. The lowest BCUT2D eigenvalue weighted by Crippen LogP contribution is -2.53. The molecule has 0 unspecified atom stereocenters. The first kappa shape index (κ1) is 28.2. The Morgan fingerprint density at radius 2 is 1.61 bits per heavy atom. The van der Waals surface area contributed by atoms with Crippen LogP contribution in [0.2, 0.25) is 0 Å². The largest absolute Gasteiger partial charge is 0.352 e. The minimum absolute atomic E-state index is 0.112. The van der Waals surface area contributed by atoms with Crippen LogP contribution in [-0.2, 0) is 26.2 Å². The fourth-order valence-corrected chi connectivity index (χ4v) is 5.74. The molecule has 2 aromatic rings. The maximum Gasteiger partial charge on any atom is 0.244 e. The summed E-state index contributed by atoms with van der Waals surface area (Å²) in [4.78, 5) is 28.4. The van der Waals surface area contributed by atoms with E-state index in [1.54, 1.807) is 19.1 Å². The van der Waals surface area contributed by atoms with Gasteiger partial charge in [0.15, 0.2) is 0 Å². The third-order valence-electron chi connectivity index (χ3n) is 6.56. The third-order valence-corrected chi connectivity index (χ3v) is 8.23. The Morgan fingerprint density at radius 3 is 2.17 bits per heavy atom. The number of benzene rings is 2. The number of carbonyl (C=O) groups is 2. The molecule has 7 nitrogen and oxygen atoms in total. The van der Waals surface area contributed by atoms with Gasteiger partial charge in [0.1, 0.15) is 12.6 Å². The van der Waals surface area contributed by atoms with Gasteiger partial charge in [0.05, 0.1) is 11.9 Å². The van der Waals surface area contributed by atoms with Crippen molar-refractivity contribution in [3.63, 3.8) is 0 Å². The molecule has 0 spiro atoms. The van der Waals surface area contributed by atoms with Crippen molar-refractivity contribution in [2.45, 2.75) is 71.5 Å². The lowest BCUT2D eigenvalue weighted by Gasteiger charge is -2.33. The van der Waals surface area contributed by atoms with Gasteiger partial charge in [-0.25, -0.2) is 8.42 Å². The predicted molar refractivity (Wildman–Crippen MR) is 147 cm³/mol. The summed E-state index contributed by atoms with van der Waals surface area (Å²) in [6, 6.07) is 12.3. The van der Waals surface area contributed by atoms with Gasteiger partial charge in [0.2, 0.25) is 21.8 Å². The lowest BCUT2D eigenvalue weighted by molar-refractivity contribution is -0.139. The molecule has 1 aliphatic rings. The Morgan fingerprint density at radius 1 is 1.03 bits per heavy atom. The fourth-order valence-electron chi connectivity index (χ4n) is 4.65. The summed E-state index contributed by atoms with van der Waals surface area (Å²) in [5.41, 5.74) is 3.09. The average molecular weight is 579 g/mol. The summed E-state index contributed by atoms with van der Waals surface area (Å²) < 4.78 is 27.5. The molecule has 36 heavy (non-hydrogen) atoms. The van der Waals surface area contributed by atoms with E-state index in [1.807, 2.05) is 44.2 Å². The standard InChI is InChI=1S/C27H36BrN3O4S/c1-19-14-20(2)16-25(15-19)31(36(4,34)35)18-26(32)30(17-22-10-12-23(28)13-11-22)21(3)27(33)29-24-8-6-5-7-9-24/h10-16,21,24H,5-9,17-18H2,1-4H3,(H,29,33)/t21-/m0/s1. The molecule has 0 aromatic heterocycles. The highest BCUT2D eigenvalue weighted by Gasteiger charge is 2.31. The number of anilines is 1. The summed E-state index contributed by atoms with van der Waals surface area (Å²) in [6.07, 6.45) is 6.31. The monoisotopic (exact) mass is 577 g/mol. The Balaban J connectivity index is 1.88. The Hall–Kier alpha value is -2.39. The van der Waals surface area contributed by atoms with Gasteiger partial charge in [-0.15, -0.1) is 0 Å². The highest BCUT2D eigenvalue weighted by atomic mass is 79.9. The van der Waals surface area contributed by atoms with Crippen molar-refractivity contribution < 1.29 is 18.0 Å². The van der Waals surface area contributed by atoms with Gasteiger partial charge in [-0.1, -0.05) is 53.4 Å². The molecular weight excluding hydrogens is 542 g/mol. The number of carbonyl (C=O) groups excluding carboxylic acids is 2. The Bertz CT molecular complexity index is 1160. The Labute approximate surface area is 223 Å². The van der Waals surface area contributed by atoms with Crippen molar-refractivity contribution >= 4 is 43.5 Å². The minimum atomic E-state index is -3.75. The van der Waals surface area contributed by atoms with Crippen molar-refractivity contribution in [1.29, 1.82) is 0 Å². The summed E-state index contributed by atoms with van der Waals surface area (Å²) in [5, 5.41) is 3.11. The number of hydrogen-bond donors (Lipinski definition) is 1. The van der Waals surface area contributed by atoms with Crippen LogP contribution >= 0.6 is 15.9 Å². The van der Waals surface area contributed by atoms with Crippen LogP contribution in [0, 0.1) is 13.8 Å². The Kier molecular flexibility index (Phi) is 9.58. The number of nitrogens with one attached hydrogen (secondary N) is 1. The van der Waals surface area contributed by atoms with Crippen molar-refractivity contribution in [1.82, 2.24) is 10.2 Å². The van der Waals surface area contributed by atoms with Crippen molar-refractivity contribution in [2.75, 3.05) is 17.1 Å². The van der Waals surface area contributed by atoms with Crippen molar-refractivity contribution in [2.24, 2.45) is 0 Å². The van der Waals surface area contributed by atoms with Crippen LogP contribution in [0.4, 0.5) is 5.69 Å². The van der Waals surface area contributed by atoms with Gasteiger partial charge < -0.3 is 10.2 Å². The highest BCUT2D eigenvalue weighted by Crippen LogP contribution is 2.23. The number of hydrogen-bond acceptors (Lipinski definition) is 4. The number of halogens is 1. The number of nitrogens with zero attached hydrogens (tertiary/aromatic N) is 2. The highest BCUT2D eigenvalue weighted by molar-refractivity contribution is 9.10. The first-order valence-electron chi connectivity index (χ1n) is 12.3. The van der Waals surface area contributed by atoms with E-state index in [0.29, 0.717) is 5.69 Å². The van der Waals surface area contributed by atoms with Crippen molar-refractivity contribution in [3.8, 4) is 0 Å². The third kappa shape index (κ3) is 7.80. The molecule has 1 fully saturated rings. The van der Waals surface area contributed by atoms with E-state index in [4.69, 9.17) is 0 Å². The molecule has 9 heteroatoms. The zero-order valence-electron chi connectivity index (χ0n) is 21.5. The molecule has 196 valence electrons. The van der Waals surface area contributed by atoms with Gasteiger partial charge >= 0.3 is 0 Å². The summed E-state index contributed by atoms with van der Waals surface area (Å²) in [7, 11) is -3.75. The molecule has 0 saturated heterocycles. The molecule has 0 heterocycles. The van der Waals surface area contributed by atoms with E-state index in [9.17, 15) is 18.0 Å². The number of aryl methyl sites for hydroxylation is 2. The topological polar surface area (TPSA) is 86.8 Å². The molecular formula is C27H36BrN3O4S. The van der Waals surface area contributed by atoms with E-state index >= 15 is 0 Å². The van der Waals surface area contributed by atoms with Gasteiger partial charge in [-0.05, 0) is 74.6 Å². The normalized spacial score (nSPS) is 15.2. The van der Waals surface area contributed by atoms with Gasteiger partial charge in [0, 0.05) is 17.1 Å². The van der Waals surface area contributed by atoms with E-state index in [-0.39, 0.29) is 25.0 Å². The first-order chi connectivity index (χ1) is 16.9. The molecule has 2 aromatic carbocycles. The summed E-state index contributed by atoms with van der Waals surface area (Å²) >= 11 is 3.42. The van der Waals surface area contributed by atoms with Crippen LogP contribution in [-0.4, -0.2) is 50.0 Å². The lowest BCUT2D eigenvalue weighted by atomic mass is 9.95.